The molecule has 6 nitrogen and oxygen atoms in total. The summed E-state index contributed by atoms with van der Waals surface area (Å²) in [6.07, 6.45) is 1.62. The molecule has 1 aliphatic heterocycles. The normalized spacial score (nSPS) is 23.7. The number of nitrogens with one attached hydrogen (secondary N) is 1. The zero-order valence-corrected chi connectivity index (χ0v) is 13.8. The van der Waals surface area contributed by atoms with Crippen molar-refractivity contribution in [1.29, 1.82) is 0 Å². The predicted octanol–water partition coefficient (Wildman–Crippen LogP) is 1.47. The number of likely N-dealkylation sites (tertiary alicyclic amines) is 1. The summed E-state index contributed by atoms with van der Waals surface area (Å²) < 4.78 is 0. The minimum atomic E-state index is -0.914. The molecule has 1 rings (SSSR count). The highest BCUT2D eigenvalue weighted by atomic mass is 16.4. The van der Waals surface area contributed by atoms with Crippen molar-refractivity contribution in [2.75, 3.05) is 27.2 Å². The number of likely N-dealkylation sites (N-methyl/N-ethyl adjacent to an activating group) is 1. The highest BCUT2D eigenvalue weighted by molar-refractivity contribution is 5.83. The van der Waals surface area contributed by atoms with Crippen molar-refractivity contribution in [3.8, 4) is 0 Å². The zero-order chi connectivity index (χ0) is 16.2. The van der Waals surface area contributed by atoms with E-state index in [1.165, 1.54) is 4.90 Å². The van der Waals surface area contributed by atoms with Crippen molar-refractivity contribution in [2.45, 2.75) is 45.7 Å². The number of hydrogen-bond acceptors (Lipinski definition) is 3. The smallest absolute Gasteiger partial charge is 0.326 e. The number of carboxylic acids is 1. The maximum absolute atomic E-state index is 12.4. The van der Waals surface area contributed by atoms with Crippen molar-refractivity contribution in [3.05, 3.63) is 0 Å². The lowest BCUT2D eigenvalue weighted by Crippen LogP contribution is -2.52. The first-order valence-electron chi connectivity index (χ1n) is 7.67. The van der Waals surface area contributed by atoms with Crippen LogP contribution < -0.4 is 5.32 Å². The van der Waals surface area contributed by atoms with Crippen LogP contribution in [-0.2, 0) is 4.79 Å². The zero-order valence-electron chi connectivity index (χ0n) is 13.8. The average Bonchev–Trinajstić information content (AvgIpc) is 2.69. The summed E-state index contributed by atoms with van der Waals surface area (Å²) in [5.74, 6) is -0.433. The van der Waals surface area contributed by atoms with Crippen LogP contribution in [-0.4, -0.2) is 66.2 Å². The van der Waals surface area contributed by atoms with Gasteiger partial charge in [-0.25, -0.2) is 9.59 Å². The van der Waals surface area contributed by atoms with Crippen molar-refractivity contribution in [1.82, 2.24) is 15.1 Å². The Morgan fingerprint density at radius 3 is 2.48 bits per heavy atom. The second-order valence-corrected chi connectivity index (χ2v) is 6.78. The molecule has 2 N–H and O–H groups in total. The Morgan fingerprint density at radius 2 is 2.00 bits per heavy atom. The van der Waals surface area contributed by atoms with Gasteiger partial charge in [0.1, 0.15) is 6.04 Å². The van der Waals surface area contributed by atoms with Crippen LogP contribution in [0.4, 0.5) is 4.79 Å². The quantitative estimate of drug-likeness (QED) is 0.779. The molecule has 0 aromatic heterocycles. The van der Waals surface area contributed by atoms with Crippen LogP contribution in [0.2, 0.25) is 0 Å². The van der Waals surface area contributed by atoms with E-state index >= 15 is 0 Å². The highest BCUT2D eigenvalue weighted by Crippen LogP contribution is 2.24. The molecule has 0 bridgehead atoms. The predicted molar refractivity (Wildman–Crippen MR) is 82.2 cm³/mol. The molecule has 0 aromatic rings. The second-order valence-electron chi connectivity index (χ2n) is 6.78. The summed E-state index contributed by atoms with van der Waals surface area (Å²) in [5.41, 5.74) is 0. The molecule has 0 saturated carbocycles. The van der Waals surface area contributed by atoms with Crippen molar-refractivity contribution < 1.29 is 14.7 Å². The van der Waals surface area contributed by atoms with Gasteiger partial charge in [0.25, 0.3) is 0 Å². The largest absolute Gasteiger partial charge is 0.480 e. The molecule has 1 heterocycles. The Bertz CT molecular complexity index is 361. The lowest BCUT2D eigenvalue weighted by Gasteiger charge is -2.29. The minimum absolute atomic E-state index is 0.00523. The Labute approximate surface area is 127 Å². The van der Waals surface area contributed by atoms with Gasteiger partial charge in [0.15, 0.2) is 0 Å². The summed E-state index contributed by atoms with van der Waals surface area (Å²) in [7, 11) is 3.94. The van der Waals surface area contributed by atoms with Crippen LogP contribution in [0.1, 0.15) is 33.6 Å². The fourth-order valence-corrected chi connectivity index (χ4v) is 3.00. The lowest BCUT2D eigenvalue weighted by atomic mass is 10.0. The minimum Gasteiger partial charge on any atom is -0.480 e. The lowest BCUT2D eigenvalue weighted by molar-refractivity contribution is -0.142. The van der Waals surface area contributed by atoms with E-state index in [1.54, 1.807) is 0 Å². The van der Waals surface area contributed by atoms with Crippen molar-refractivity contribution >= 4 is 12.0 Å². The van der Waals surface area contributed by atoms with Gasteiger partial charge >= 0.3 is 12.0 Å². The molecule has 21 heavy (non-hydrogen) atoms. The van der Waals surface area contributed by atoms with E-state index < -0.39 is 12.0 Å². The molecular weight excluding hydrogens is 270 g/mol. The molecular formula is C15H29N3O3. The average molecular weight is 299 g/mol. The van der Waals surface area contributed by atoms with E-state index in [4.69, 9.17) is 0 Å². The first kappa shape index (κ1) is 17.8. The van der Waals surface area contributed by atoms with Crippen LogP contribution in [0.3, 0.4) is 0 Å². The molecule has 3 unspecified atom stereocenters. The maximum Gasteiger partial charge on any atom is 0.326 e. The maximum atomic E-state index is 12.4. The third kappa shape index (κ3) is 5.19. The van der Waals surface area contributed by atoms with E-state index in [2.05, 4.69) is 19.2 Å². The van der Waals surface area contributed by atoms with Gasteiger partial charge < -0.3 is 20.2 Å². The van der Waals surface area contributed by atoms with Crippen LogP contribution in [0.5, 0.6) is 0 Å². The van der Waals surface area contributed by atoms with Gasteiger partial charge in [-0.15, -0.1) is 0 Å². The van der Waals surface area contributed by atoms with Gasteiger partial charge in [-0.3, -0.25) is 0 Å². The van der Waals surface area contributed by atoms with E-state index in [9.17, 15) is 14.7 Å². The van der Waals surface area contributed by atoms with Crippen LogP contribution in [0, 0.1) is 11.8 Å². The number of rotatable bonds is 6. The monoisotopic (exact) mass is 299 g/mol. The van der Waals surface area contributed by atoms with Gasteiger partial charge in [-0.1, -0.05) is 20.8 Å². The third-order valence-electron chi connectivity index (χ3n) is 3.88. The number of carboxylic acid groups (broad SMARTS) is 1. The first-order valence-corrected chi connectivity index (χ1v) is 7.67. The topological polar surface area (TPSA) is 72.9 Å². The summed E-state index contributed by atoms with van der Waals surface area (Å²) in [5, 5.41) is 12.3. The Morgan fingerprint density at radius 1 is 1.38 bits per heavy atom. The van der Waals surface area contributed by atoms with Crippen LogP contribution >= 0.6 is 0 Å². The number of aliphatic carboxylic acids is 1. The molecule has 1 saturated heterocycles. The SMILES string of the molecule is CC(C)CC(CN(C)C)NC(=O)N1CCC(C)C1C(=O)O. The number of carbonyl (C=O) groups excluding carboxylic acids is 1. The molecule has 0 radical (unpaired) electrons. The molecule has 3 atom stereocenters. The summed E-state index contributed by atoms with van der Waals surface area (Å²) in [4.78, 5) is 27.3. The van der Waals surface area contributed by atoms with Crippen LogP contribution in [0.25, 0.3) is 0 Å². The fourth-order valence-electron chi connectivity index (χ4n) is 3.00. The molecule has 1 aliphatic rings. The van der Waals surface area contributed by atoms with Gasteiger partial charge in [0, 0.05) is 19.1 Å². The van der Waals surface area contributed by atoms with E-state index in [0.29, 0.717) is 12.5 Å². The number of urea groups is 1. The van der Waals surface area contributed by atoms with E-state index in [0.717, 1.165) is 19.4 Å². The molecule has 122 valence electrons. The van der Waals surface area contributed by atoms with Gasteiger partial charge in [-0.2, -0.15) is 0 Å². The molecule has 0 aromatic carbocycles. The van der Waals surface area contributed by atoms with Gasteiger partial charge in [0.2, 0.25) is 0 Å². The Kier molecular flexibility index (Phi) is 6.45. The number of hydrogen-bond donors (Lipinski definition) is 2. The molecule has 0 spiro atoms. The standard InChI is InChI=1S/C15H29N3O3/c1-10(2)8-12(9-17(4)5)16-15(21)18-7-6-11(3)13(18)14(19)20/h10-13H,6-9H2,1-5H3,(H,16,21)(H,19,20). The fraction of sp³-hybridized carbons (Fsp3) is 0.867. The number of carbonyl (C=O) groups is 2. The number of amides is 2. The third-order valence-corrected chi connectivity index (χ3v) is 3.88. The van der Waals surface area contributed by atoms with Crippen molar-refractivity contribution in [3.63, 3.8) is 0 Å². The molecule has 2 amide bonds. The van der Waals surface area contributed by atoms with Gasteiger partial charge in [-0.05, 0) is 38.8 Å². The van der Waals surface area contributed by atoms with Crippen LogP contribution in [0.15, 0.2) is 0 Å². The first-order chi connectivity index (χ1) is 9.72. The Balaban J connectivity index is 2.69. The highest BCUT2D eigenvalue weighted by Gasteiger charge is 2.39. The summed E-state index contributed by atoms with van der Waals surface area (Å²) >= 11 is 0. The van der Waals surface area contributed by atoms with Gasteiger partial charge in [0.05, 0.1) is 0 Å². The number of nitrogens with zero attached hydrogens (tertiary/aromatic N) is 2. The summed E-state index contributed by atoms with van der Waals surface area (Å²) in [6, 6.07) is -0.916. The van der Waals surface area contributed by atoms with E-state index in [-0.39, 0.29) is 18.0 Å². The summed E-state index contributed by atoms with van der Waals surface area (Å²) in [6.45, 7) is 7.39. The molecule has 6 heteroatoms. The molecule has 0 aliphatic carbocycles. The Hall–Kier alpha value is -1.30. The van der Waals surface area contributed by atoms with Crippen molar-refractivity contribution in [2.24, 2.45) is 11.8 Å². The van der Waals surface area contributed by atoms with E-state index in [1.807, 2.05) is 25.9 Å². The second kappa shape index (κ2) is 7.64. The molecule has 1 fully saturated rings.